The highest BCUT2D eigenvalue weighted by Gasteiger charge is 2.17. The van der Waals surface area contributed by atoms with Crippen LogP contribution in [0.1, 0.15) is 38.2 Å². The van der Waals surface area contributed by atoms with E-state index in [1.165, 1.54) is 31.2 Å². The molecule has 0 aromatic heterocycles. The summed E-state index contributed by atoms with van der Waals surface area (Å²) in [5.41, 5.74) is 1.34. The highest BCUT2D eigenvalue weighted by Crippen LogP contribution is 2.23. The number of rotatable bonds is 4. The summed E-state index contributed by atoms with van der Waals surface area (Å²) in [5.74, 6) is 1.86. The van der Waals surface area contributed by atoms with Crippen LogP contribution in [0.15, 0.2) is 24.3 Å². The second kappa shape index (κ2) is 6.06. The maximum Gasteiger partial charge on any atom is 0.118 e. The minimum Gasteiger partial charge on any atom is -0.497 e. The Balaban J connectivity index is 1.77. The third-order valence-electron chi connectivity index (χ3n) is 3.77. The standard InChI is InChI=1S/C15H23NO/c1-12-3-7-14(8-4-12)16-11-13-5-9-15(17-2)10-6-13/h5-6,9-10,12,14,16H,3-4,7-8,11H2,1-2H3. The van der Waals surface area contributed by atoms with Crippen molar-refractivity contribution in [1.29, 1.82) is 0 Å². The van der Waals surface area contributed by atoms with E-state index in [9.17, 15) is 0 Å². The molecule has 1 fully saturated rings. The molecule has 1 aliphatic carbocycles. The summed E-state index contributed by atoms with van der Waals surface area (Å²) in [6.07, 6.45) is 5.41. The van der Waals surface area contributed by atoms with Gasteiger partial charge in [0.2, 0.25) is 0 Å². The van der Waals surface area contributed by atoms with Gasteiger partial charge in [-0.25, -0.2) is 0 Å². The van der Waals surface area contributed by atoms with Gasteiger partial charge < -0.3 is 10.1 Å². The average molecular weight is 233 g/mol. The summed E-state index contributed by atoms with van der Waals surface area (Å²) in [7, 11) is 1.70. The molecule has 1 aromatic rings. The Kier molecular flexibility index (Phi) is 4.43. The first-order chi connectivity index (χ1) is 8.28. The van der Waals surface area contributed by atoms with Crippen molar-refractivity contribution in [2.75, 3.05) is 7.11 Å². The van der Waals surface area contributed by atoms with E-state index in [0.29, 0.717) is 6.04 Å². The Hall–Kier alpha value is -1.02. The first-order valence-electron chi connectivity index (χ1n) is 6.64. The first-order valence-corrected chi connectivity index (χ1v) is 6.64. The molecule has 0 amide bonds. The van der Waals surface area contributed by atoms with Crippen molar-refractivity contribution in [3.63, 3.8) is 0 Å². The molecular formula is C15H23NO. The number of hydrogen-bond acceptors (Lipinski definition) is 2. The number of methoxy groups -OCH3 is 1. The van der Waals surface area contributed by atoms with E-state index >= 15 is 0 Å². The van der Waals surface area contributed by atoms with Gasteiger partial charge in [0.25, 0.3) is 0 Å². The number of hydrogen-bond donors (Lipinski definition) is 1. The van der Waals surface area contributed by atoms with Gasteiger partial charge in [0, 0.05) is 12.6 Å². The highest BCUT2D eigenvalue weighted by atomic mass is 16.5. The molecule has 0 spiro atoms. The molecule has 1 N–H and O–H groups in total. The zero-order valence-electron chi connectivity index (χ0n) is 10.9. The topological polar surface area (TPSA) is 21.3 Å². The largest absolute Gasteiger partial charge is 0.497 e. The van der Waals surface area contributed by atoms with Gasteiger partial charge in [0.05, 0.1) is 7.11 Å². The highest BCUT2D eigenvalue weighted by molar-refractivity contribution is 5.27. The van der Waals surface area contributed by atoms with Gasteiger partial charge in [0.1, 0.15) is 5.75 Å². The van der Waals surface area contributed by atoms with Crippen molar-refractivity contribution in [1.82, 2.24) is 5.32 Å². The van der Waals surface area contributed by atoms with Crippen molar-refractivity contribution in [2.24, 2.45) is 5.92 Å². The Morgan fingerprint density at radius 3 is 2.35 bits per heavy atom. The lowest BCUT2D eigenvalue weighted by Crippen LogP contribution is -2.32. The van der Waals surface area contributed by atoms with E-state index < -0.39 is 0 Å². The van der Waals surface area contributed by atoms with Gasteiger partial charge >= 0.3 is 0 Å². The summed E-state index contributed by atoms with van der Waals surface area (Å²) in [6.45, 7) is 3.34. The molecule has 0 bridgehead atoms. The van der Waals surface area contributed by atoms with Gasteiger partial charge in [-0.3, -0.25) is 0 Å². The summed E-state index contributed by atoms with van der Waals surface area (Å²) < 4.78 is 5.16. The van der Waals surface area contributed by atoms with Crippen LogP contribution in [0.25, 0.3) is 0 Å². The van der Waals surface area contributed by atoms with E-state index in [2.05, 4.69) is 24.4 Å². The Morgan fingerprint density at radius 2 is 1.76 bits per heavy atom. The van der Waals surface area contributed by atoms with Crippen LogP contribution < -0.4 is 10.1 Å². The average Bonchev–Trinajstić information content (AvgIpc) is 2.39. The van der Waals surface area contributed by atoms with E-state index in [1.807, 2.05) is 12.1 Å². The molecule has 0 heterocycles. The van der Waals surface area contributed by atoms with Gasteiger partial charge in [-0.2, -0.15) is 0 Å². The maximum absolute atomic E-state index is 5.16. The zero-order valence-corrected chi connectivity index (χ0v) is 10.9. The van der Waals surface area contributed by atoms with Crippen LogP contribution in [-0.2, 0) is 6.54 Å². The lowest BCUT2D eigenvalue weighted by molar-refractivity contribution is 0.306. The van der Waals surface area contributed by atoms with E-state index in [0.717, 1.165) is 18.2 Å². The van der Waals surface area contributed by atoms with E-state index in [1.54, 1.807) is 7.11 Å². The van der Waals surface area contributed by atoms with Crippen molar-refractivity contribution < 1.29 is 4.74 Å². The van der Waals surface area contributed by atoms with Crippen molar-refractivity contribution in [3.05, 3.63) is 29.8 Å². The summed E-state index contributed by atoms with van der Waals surface area (Å²) in [5, 5.41) is 3.66. The normalized spacial score (nSPS) is 24.6. The zero-order chi connectivity index (χ0) is 12.1. The van der Waals surface area contributed by atoms with Crippen LogP contribution in [0.5, 0.6) is 5.75 Å². The lowest BCUT2D eigenvalue weighted by atomic mass is 9.87. The third kappa shape index (κ3) is 3.74. The molecule has 2 rings (SSSR count). The molecule has 0 atom stereocenters. The predicted octanol–water partition coefficient (Wildman–Crippen LogP) is 3.36. The minimum atomic E-state index is 0.716. The molecule has 0 unspecified atom stereocenters. The molecule has 0 saturated heterocycles. The molecule has 94 valence electrons. The smallest absolute Gasteiger partial charge is 0.118 e. The lowest BCUT2D eigenvalue weighted by Gasteiger charge is -2.27. The molecular weight excluding hydrogens is 210 g/mol. The Bertz CT molecular complexity index is 325. The van der Waals surface area contributed by atoms with Crippen molar-refractivity contribution in [2.45, 2.75) is 45.2 Å². The van der Waals surface area contributed by atoms with E-state index in [-0.39, 0.29) is 0 Å². The van der Waals surface area contributed by atoms with Gasteiger partial charge in [-0.1, -0.05) is 19.1 Å². The van der Waals surface area contributed by atoms with Crippen LogP contribution in [0.4, 0.5) is 0 Å². The molecule has 0 aliphatic heterocycles. The van der Waals surface area contributed by atoms with Crippen LogP contribution in [0, 0.1) is 5.92 Å². The number of nitrogens with one attached hydrogen (secondary N) is 1. The fourth-order valence-corrected chi connectivity index (χ4v) is 2.47. The predicted molar refractivity (Wildman–Crippen MR) is 71.3 cm³/mol. The SMILES string of the molecule is COc1ccc(CNC2CCC(C)CC2)cc1. The number of ether oxygens (including phenoxy) is 1. The molecule has 17 heavy (non-hydrogen) atoms. The second-order valence-electron chi connectivity index (χ2n) is 5.19. The van der Waals surface area contributed by atoms with Crippen molar-refractivity contribution >= 4 is 0 Å². The van der Waals surface area contributed by atoms with Crippen LogP contribution in [0.2, 0.25) is 0 Å². The molecule has 1 saturated carbocycles. The molecule has 1 aromatic carbocycles. The third-order valence-corrected chi connectivity index (χ3v) is 3.77. The van der Waals surface area contributed by atoms with Crippen LogP contribution in [0.3, 0.4) is 0 Å². The fraction of sp³-hybridized carbons (Fsp3) is 0.600. The summed E-state index contributed by atoms with van der Waals surface area (Å²) in [4.78, 5) is 0. The monoisotopic (exact) mass is 233 g/mol. The van der Waals surface area contributed by atoms with E-state index in [4.69, 9.17) is 4.74 Å². The fourth-order valence-electron chi connectivity index (χ4n) is 2.47. The minimum absolute atomic E-state index is 0.716. The molecule has 2 nitrogen and oxygen atoms in total. The Labute approximate surface area is 104 Å². The molecule has 2 heteroatoms. The Morgan fingerprint density at radius 1 is 1.12 bits per heavy atom. The quantitative estimate of drug-likeness (QED) is 0.861. The number of benzene rings is 1. The summed E-state index contributed by atoms with van der Waals surface area (Å²) >= 11 is 0. The summed E-state index contributed by atoms with van der Waals surface area (Å²) in [6, 6.07) is 9.04. The van der Waals surface area contributed by atoms with Crippen LogP contribution >= 0.6 is 0 Å². The van der Waals surface area contributed by atoms with Crippen LogP contribution in [-0.4, -0.2) is 13.2 Å². The van der Waals surface area contributed by atoms with Gasteiger partial charge in [-0.15, -0.1) is 0 Å². The maximum atomic E-state index is 5.16. The molecule has 0 radical (unpaired) electrons. The molecule has 1 aliphatic rings. The van der Waals surface area contributed by atoms with Gasteiger partial charge in [-0.05, 0) is 49.3 Å². The first kappa shape index (κ1) is 12.4. The van der Waals surface area contributed by atoms with Gasteiger partial charge in [0.15, 0.2) is 0 Å². The van der Waals surface area contributed by atoms with Crippen molar-refractivity contribution in [3.8, 4) is 5.75 Å². The second-order valence-corrected chi connectivity index (χ2v) is 5.19.